The maximum absolute atomic E-state index is 12.2. The molecular formula is C18H21F2NO2. The van der Waals surface area contributed by atoms with Gasteiger partial charge in [-0.05, 0) is 42.2 Å². The van der Waals surface area contributed by atoms with Crippen molar-refractivity contribution in [2.45, 2.75) is 38.8 Å². The predicted octanol–water partition coefficient (Wildman–Crippen LogP) is 4.34. The van der Waals surface area contributed by atoms with E-state index in [0.717, 1.165) is 23.0 Å². The fourth-order valence-corrected chi connectivity index (χ4v) is 2.64. The van der Waals surface area contributed by atoms with Crippen molar-refractivity contribution < 1.29 is 17.9 Å². The molecule has 1 heterocycles. The summed E-state index contributed by atoms with van der Waals surface area (Å²) in [4.78, 5) is 0. The fraction of sp³-hybridized carbons (Fsp3) is 0.444. The van der Waals surface area contributed by atoms with Gasteiger partial charge in [0.15, 0.2) is 0 Å². The lowest BCUT2D eigenvalue weighted by atomic mass is 10.2. The zero-order valence-corrected chi connectivity index (χ0v) is 13.1. The number of nitrogens with one attached hydrogen (secondary N) is 1. The van der Waals surface area contributed by atoms with Gasteiger partial charge in [0.05, 0.1) is 6.54 Å². The summed E-state index contributed by atoms with van der Waals surface area (Å²) in [5, 5.41) is 3.30. The number of halogens is 2. The summed E-state index contributed by atoms with van der Waals surface area (Å²) in [6.45, 7) is 2.92. The summed E-state index contributed by atoms with van der Waals surface area (Å²) in [5.41, 5.74) is 0.986. The molecule has 3 nitrogen and oxygen atoms in total. The van der Waals surface area contributed by atoms with E-state index in [1.165, 1.54) is 6.42 Å². The van der Waals surface area contributed by atoms with Gasteiger partial charge in [0, 0.05) is 12.5 Å². The largest absolute Gasteiger partial charge is 0.488 e. The van der Waals surface area contributed by atoms with Gasteiger partial charge >= 0.3 is 0 Å². The number of hydrogen-bond donors (Lipinski definition) is 1. The van der Waals surface area contributed by atoms with Gasteiger partial charge in [0.25, 0.3) is 6.43 Å². The van der Waals surface area contributed by atoms with Crippen LogP contribution < -0.4 is 10.1 Å². The van der Waals surface area contributed by atoms with Crippen LogP contribution in [0.4, 0.5) is 8.78 Å². The molecule has 3 rings (SSSR count). The van der Waals surface area contributed by atoms with Crippen LogP contribution >= 0.6 is 0 Å². The highest BCUT2D eigenvalue weighted by atomic mass is 19.3. The van der Waals surface area contributed by atoms with E-state index in [0.29, 0.717) is 24.8 Å². The van der Waals surface area contributed by atoms with Gasteiger partial charge in [-0.15, -0.1) is 0 Å². The first-order valence-electron chi connectivity index (χ1n) is 7.91. The SMILES string of the molecule is CC1CC1c1ccc(CNCc2cccc(OCC(F)F)c2)o1. The Kier molecular flexibility index (Phi) is 4.96. The molecule has 1 aromatic carbocycles. The molecule has 5 heteroatoms. The quantitative estimate of drug-likeness (QED) is 0.785. The molecule has 0 saturated heterocycles. The van der Waals surface area contributed by atoms with Crippen molar-refractivity contribution in [1.29, 1.82) is 0 Å². The van der Waals surface area contributed by atoms with E-state index < -0.39 is 13.0 Å². The second-order valence-corrected chi connectivity index (χ2v) is 6.08. The lowest BCUT2D eigenvalue weighted by Gasteiger charge is -2.08. The summed E-state index contributed by atoms with van der Waals surface area (Å²) in [5.74, 6) is 3.79. The van der Waals surface area contributed by atoms with Gasteiger partial charge in [-0.3, -0.25) is 0 Å². The van der Waals surface area contributed by atoms with Gasteiger partial charge in [-0.2, -0.15) is 0 Å². The number of furan rings is 1. The summed E-state index contributed by atoms with van der Waals surface area (Å²) in [6.07, 6.45) is -1.25. The molecule has 1 fully saturated rings. The summed E-state index contributed by atoms with van der Waals surface area (Å²) >= 11 is 0. The smallest absolute Gasteiger partial charge is 0.272 e. The first-order chi connectivity index (χ1) is 11.1. The van der Waals surface area contributed by atoms with Gasteiger partial charge in [-0.1, -0.05) is 19.1 Å². The third kappa shape index (κ3) is 4.55. The van der Waals surface area contributed by atoms with Crippen LogP contribution in [0.1, 0.15) is 36.3 Å². The van der Waals surface area contributed by atoms with Gasteiger partial charge < -0.3 is 14.5 Å². The molecule has 1 N–H and O–H groups in total. The van der Waals surface area contributed by atoms with E-state index in [1.807, 2.05) is 12.1 Å². The van der Waals surface area contributed by atoms with Crippen molar-refractivity contribution in [2.75, 3.05) is 6.61 Å². The van der Waals surface area contributed by atoms with E-state index in [4.69, 9.17) is 9.15 Å². The molecule has 124 valence electrons. The van der Waals surface area contributed by atoms with Gasteiger partial charge in [0.1, 0.15) is 23.9 Å². The Bertz CT molecular complexity index is 641. The van der Waals surface area contributed by atoms with Crippen LogP contribution in [0.3, 0.4) is 0 Å². The standard InChI is InChI=1S/C18H21F2NO2/c1-12-7-16(12)17-6-5-15(23-17)10-21-9-13-3-2-4-14(8-13)22-11-18(19)20/h2-6,8,12,16,18,21H,7,9-11H2,1H3. The zero-order valence-electron chi connectivity index (χ0n) is 13.1. The Hall–Kier alpha value is -1.88. The number of ether oxygens (including phenoxy) is 1. The molecular weight excluding hydrogens is 300 g/mol. The highest BCUT2D eigenvalue weighted by Gasteiger charge is 2.36. The average Bonchev–Trinajstić information content (AvgIpc) is 3.07. The summed E-state index contributed by atoms with van der Waals surface area (Å²) < 4.78 is 35.2. The Balaban J connectivity index is 1.46. The lowest BCUT2D eigenvalue weighted by Crippen LogP contribution is -2.12. The number of rotatable bonds is 8. The monoisotopic (exact) mass is 321 g/mol. The maximum atomic E-state index is 12.2. The van der Waals surface area contributed by atoms with Crippen LogP contribution in [-0.4, -0.2) is 13.0 Å². The minimum Gasteiger partial charge on any atom is -0.488 e. The molecule has 23 heavy (non-hydrogen) atoms. The van der Waals surface area contributed by atoms with E-state index in [-0.39, 0.29) is 0 Å². The van der Waals surface area contributed by atoms with Crippen LogP contribution in [0.25, 0.3) is 0 Å². The van der Waals surface area contributed by atoms with E-state index in [1.54, 1.807) is 18.2 Å². The van der Waals surface area contributed by atoms with Crippen LogP contribution in [0.2, 0.25) is 0 Å². The molecule has 2 unspecified atom stereocenters. The van der Waals surface area contributed by atoms with Gasteiger partial charge in [-0.25, -0.2) is 8.78 Å². The summed E-state index contributed by atoms with van der Waals surface area (Å²) in [6, 6.07) is 11.3. The van der Waals surface area contributed by atoms with E-state index in [2.05, 4.69) is 18.3 Å². The molecule has 2 aromatic rings. The minimum atomic E-state index is -2.46. The Morgan fingerprint density at radius 2 is 2.09 bits per heavy atom. The third-order valence-electron chi connectivity index (χ3n) is 4.06. The molecule has 0 spiro atoms. The average molecular weight is 321 g/mol. The molecule has 0 amide bonds. The second kappa shape index (κ2) is 7.13. The van der Waals surface area contributed by atoms with E-state index in [9.17, 15) is 8.78 Å². The topological polar surface area (TPSA) is 34.4 Å². The number of benzene rings is 1. The predicted molar refractivity (Wildman–Crippen MR) is 83.7 cm³/mol. The van der Waals surface area contributed by atoms with Crippen molar-refractivity contribution in [3.8, 4) is 5.75 Å². The molecule has 1 aromatic heterocycles. The Morgan fingerprint density at radius 3 is 2.83 bits per heavy atom. The van der Waals surface area contributed by atoms with Crippen LogP contribution in [0.15, 0.2) is 40.8 Å². The first kappa shape index (κ1) is 16.0. The van der Waals surface area contributed by atoms with Crippen LogP contribution in [0.5, 0.6) is 5.75 Å². The van der Waals surface area contributed by atoms with Crippen molar-refractivity contribution in [2.24, 2.45) is 5.92 Å². The van der Waals surface area contributed by atoms with Crippen molar-refractivity contribution >= 4 is 0 Å². The molecule has 0 bridgehead atoms. The minimum absolute atomic E-state index is 0.465. The van der Waals surface area contributed by atoms with Crippen molar-refractivity contribution in [3.05, 3.63) is 53.5 Å². The van der Waals surface area contributed by atoms with E-state index >= 15 is 0 Å². The fourth-order valence-electron chi connectivity index (χ4n) is 2.64. The van der Waals surface area contributed by atoms with Crippen LogP contribution in [-0.2, 0) is 13.1 Å². The zero-order chi connectivity index (χ0) is 16.2. The van der Waals surface area contributed by atoms with Crippen LogP contribution in [0, 0.1) is 5.92 Å². The highest BCUT2D eigenvalue weighted by molar-refractivity contribution is 5.28. The normalized spacial score (nSPS) is 20.0. The molecule has 2 atom stereocenters. The lowest BCUT2D eigenvalue weighted by molar-refractivity contribution is 0.0818. The summed E-state index contributed by atoms with van der Waals surface area (Å²) in [7, 11) is 0. The Morgan fingerprint density at radius 1 is 1.26 bits per heavy atom. The molecule has 0 aliphatic heterocycles. The van der Waals surface area contributed by atoms with Crippen molar-refractivity contribution in [3.63, 3.8) is 0 Å². The molecule has 0 radical (unpaired) electrons. The number of hydrogen-bond acceptors (Lipinski definition) is 3. The first-order valence-corrected chi connectivity index (χ1v) is 7.91. The Labute approximate surface area is 134 Å². The maximum Gasteiger partial charge on any atom is 0.272 e. The number of alkyl halides is 2. The second-order valence-electron chi connectivity index (χ2n) is 6.08. The van der Waals surface area contributed by atoms with Crippen molar-refractivity contribution in [1.82, 2.24) is 5.32 Å². The molecule has 1 saturated carbocycles. The van der Waals surface area contributed by atoms with Gasteiger partial charge in [0.2, 0.25) is 0 Å². The highest BCUT2D eigenvalue weighted by Crippen LogP contribution is 2.47. The molecule has 1 aliphatic rings. The third-order valence-corrected chi connectivity index (χ3v) is 4.06. The molecule has 1 aliphatic carbocycles.